The molecule has 0 bridgehead atoms. The van der Waals surface area contributed by atoms with E-state index in [1.165, 1.54) is 0 Å². The van der Waals surface area contributed by atoms with Gasteiger partial charge in [-0.2, -0.15) is 0 Å². The van der Waals surface area contributed by atoms with Crippen LogP contribution in [0.1, 0.15) is 31.9 Å². The summed E-state index contributed by atoms with van der Waals surface area (Å²) in [5, 5.41) is 14.0. The summed E-state index contributed by atoms with van der Waals surface area (Å²) in [6, 6.07) is 3.86. The second-order valence-corrected chi connectivity index (χ2v) is 6.72. The highest BCUT2D eigenvalue weighted by Crippen LogP contribution is 2.38. The normalized spacial score (nSPS) is 28.8. The van der Waals surface area contributed by atoms with Gasteiger partial charge in [-0.3, -0.25) is 4.90 Å². The fourth-order valence-electron chi connectivity index (χ4n) is 3.62. The van der Waals surface area contributed by atoms with Crippen molar-refractivity contribution in [1.29, 1.82) is 0 Å². The minimum absolute atomic E-state index is 0.110. The molecule has 1 aliphatic carbocycles. The first-order valence-corrected chi connectivity index (χ1v) is 8.35. The molecule has 2 heterocycles. The van der Waals surface area contributed by atoms with Gasteiger partial charge in [0.1, 0.15) is 5.82 Å². The van der Waals surface area contributed by atoms with E-state index in [1.54, 1.807) is 0 Å². The van der Waals surface area contributed by atoms with Crippen LogP contribution in [0.15, 0.2) is 12.1 Å². The van der Waals surface area contributed by atoms with Crippen LogP contribution in [-0.2, 0) is 6.54 Å². The standard InChI is InChI=1S/C16H24ClN3O/c1-2-7-18-16-6-4-13(17)14(19-16)10-20-8-11-3-5-15(21)12(11)9-20/h4,6,11-12,15,21H,2-3,5,7-10H2,1H3,(H,18,19). The number of rotatable bonds is 5. The number of nitrogens with one attached hydrogen (secondary N) is 1. The number of aliphatic hydroxyl groups is 1. The lowest BCUT2D eigenvalue weighted by Crippen LogP contribution is -2.25. The van der Waals surface area contributed by atoms with Crippen molar-refractivity contribution in [3.05, 3.63) is 22.8 Å². The van der Waals surface area contributed by atoms with Crippen LogP contribution < -0.4 is 5.32 Å². The number of halogens is 1. The van der Waals surface area contributed by atoms with Crippen molar-refractivity contribution in [2.45, 2.75) is 38.8 Å². The van der Waals surface area contributed by atoms with Gasteiger partial charge < -0.3 is 10.4 Å². The number of pyridine rings is 1. The molecule has 1 aliphatic heterocycles. The van der Waals surface area contributed by atoms with Crippen molar-refractivity contribution in [3.63, 3.8) is 0 Å². The van der Waals surface area contributed by atoms with Crippen molar-refractivity contribution in [3.8, 4) is 0 Å². The second kappa shape index (κ2) is 6.51. The van der Waals surface area contributed by atoms with Crippen LogP contribution in [0.5, 0.6) is 0 Å². The highest BCUT2D eigenvalue weighted by Gasteiger charge is 2.41. The molecule has 21 heavy (non-hydrogen) atoms. The zero-order valence-corrected chi connectivity index (χ0v) is 13.3. The maximum Gasteiger partial charge on any atom is 0.126 e. The Labute approximate surface area is 131 Å². The zero-order valence-electron chi connectivity index (χ0n) is 12.6. The van der Waals surface area contributed by atoms with E-state index in [0.717, 1.165) is 62.0 Å². The monoisotopic (exact) mass is 309 g/mol. The van der Waals surface area contributed by atoms with Crippen LogP contribution in [0.2, 0.25) is 5.02 Å². The first-order valence-electron chi connectivity index (χ1n) is 7.97. The van der Waals surface area contributed by atoms with Gasteiger partial charge in [0.2, 0.25) is 0 Å². The summed E-state index contributed by atoms with van der Waals surface area (Å²) in [5.74, 6) is 2.00. The smallest absolute Gasteiger partial charge is 0.126 e. The van der Waals surface area contributed by atoms with Gasteiger partial charge in [-0.05, 0) is 37.3 Å². The van der Waals surface area contributed by atoms with E-state index in [0.29, 0.717) is 11.8 Å². The van der Waals surface area contributed by atoms with Crippen molar-refractivity contribution in [1.82, 2.24) is 9.88 Å². The Morgan fingerprint density at radius 2 is 2.24 bits per heavy atom. The lowest BCUT2D eigenvalue weighted by Gasteiger charge is -2.18. The first-order chi connectivity index (χ1) is 10.2. The maximum absolute atomic E-state index is 10.0. The van der Waals surface area contributed by atoms with E-state index in [1.807, 2.05) is 12.1 Å². The van der Waals surface area contributed by atoms with Gasteiger partial charge in [0.25, 0.3) is 0 Å². The number of nitrogens with zero attached hydrogens (tertiary/aromatic N) is 2. The summed E-state index contributed by atoms with van der Waals surface area (Å²) in [6.45, 7) is 5.87. The minimum Gasteiger partial charge on any atom is -0.393 e. The second-order valence-electron chi connectivity index (χ2n) is 6.31. The van der Waals surface area contributed by atoms with Gasteiger partial charge in [-0.1, -0.05) is 18.5 Å². The topological polar surface area (TPSA) is 48.4 Å². The molecule has 2 N–H and O–H groups in total. The number of hydrogen-bond acceptors (Lipinski definition) is 4. The molecule has 0 radical (unpaired) electrons. The van der Waals surface area contributed by atoms with Crippen LogP contribution in [0.25, 0.3) is 0 Å². The Morgan fingerprint density at radius 3 is 3.00 bits per heavy atom. The average molecular weight is 310 g/mol. The third kappa shape index (κ3) is 3.33. The molecule has 2 aliphatic rings. The van der Waals surface area contributed by atoms with E-state index >= 15 is 0 Å². The largest absolute Gasteiger partial charge is 0.393 e. The third-order valence-electron chi connectivity index (χ3n) is 4.74. The predicted octanol–water partition coefficient (Wildman–Crippen LogP) is 2.76. The fourth-order valence-corrected chi connectivity index (χ4v) is 3.78. The molecule has 0 spiro atoms. The fraction of sp³-hybridized carbons (Fsp3) is 0.688. The number of fused-ring (bicyclic) bond motifs is 1. The lowest BCUT2D eigenvalue weighted by molar-refractivity contribution is 0.123. The van der Waals surface area contributed by atoms with Crippen molar-refractivity contribution in [2.24, 2.45) is 11.8 Å². The average Bonchev–Trinajstić information content (AvgIpc) is 3.02. The lowest BCUT2D eigenvalue weighted by atomic mass is 10.00. The van der Waals surface area contributed by atoms with Crippen molar-refractivity contribution >= 4 is 17.4 Å². The minimum atomic E-state index is -0.110. The Bertz CT molecular complexity index is 496. The quantitative estimate of drug-likeness (QED) is 0.878. The summed E-state index contributed by atoms with van der Waals surface area (Å²) in [4.78, 5) is 7.02. The molecule has 0 amide bonds. The van der Waals surface area contributed by atoms with E-state index in [2.05, 4.69) is 22.1 Å². The molecule has 0 aromatic carbocycles. The SMILES string of the molecule is CCCNc1ccc(Cl)c(CN2CC3CCC(O)C3C2)n1. The van der Waals surface area contributed by atoms with E-state index in [9.17, 15) is 5.11 Å². The molecule has 1 aromatic rings. The van der Waals surface area contributed by atoms with Crippen molar-refractivity contribution in [2.75, 3.05) is 25.0 Å². The molecule has 3 rings (SSSR count). The van der Waals surface area contributed by atoms with Crippen LogP contribution in [0, 0.1) is 11.8 Å². The first kappa shape index (κ1) is 15.1. The molecule has 1 saturated heterocycles. The Morgan fingerprint density at radius 1 is 1.38 bits per heavy atom. The van der Waals surface area contributed by atoms with E-state index in [4.69, 9.17) is 11.6 Å². The highest BCUT2D eigenvalue weighted by atomic mass is 35.5. The van der Waals surface area contributed by atoms with Gasteiger partial charge in [-0.25, -0.2) is 4.98 Å². The predicted molar refractivity (Wildman–Crippen MR) is 85.5 cm³/mol. The molecule has 5 heteroatoms. The molecule has 2 fully saturated rings. The molecule has 4 nitrogen and oxygen atoms in total. The summed E-state index contributed by atoms with van der Waals surface area (Å²) in [5.41, 5.74) is 0.937. The molecular weight excluding hydrogens is 286 g/mol. The van der Waals surface area contributed by atoms with Gasteiger partial charge in [-0.15, -0.1) is 0 Å². The molecule has 3 atom stereocenters. The molecule has 3 unspecified atom stereocenters. The number of likely N-dealkylation sites (tertiary alicyclic amines) is 1. The Balaban J connectivity index is 1.65. The van der Waals surface area contributed by atoms with Crippen molar-refractivity contribution < 1.29 is 5.11 Å². The summed E-state index contributed by atoms with van der Waals surface area (Å²) in [7, 11) is 0. The molecule has 1 aromatic heterocycles. The maximum atomic E-state index is 10.0. The van der Waals surface area contributed by atoms with Crippen LogP contribution >= 0.6 is 11.6 Å². The molecule has 1 saturated carbocycles. The van der Waals surface area contributed by atoms with Gasteiger partial charge >= 0.3 is 0 Å². The summed E-state index contributed by atoms with van der Waals surface area (Å²) >= 11 is 6.29. The molecular formula is C16H24ClN3O. The summed E-state index contributed by atoms with van der Waals surface area (Å²) < 4.78 is 0. The third-order valence-corrected chi connectivity index (χ3v) is 5.09. The van der Waals surface area contributed by atoms with Crippen LogP contribution in [0.3, 0.4) is 0 Å². The van der Waals surface area contributed by atoms with Gasteiger partial charge in [0.05, 0.1) is 16.8 Å². The van der Waals surface area contributed by atoms with Crippen LogP contribution in [0.4, 0.5) is 5.82 Å². The van der Waals surface area contributed by atoms with Gasteiger partial charge in [0.15, 0.2) is 0 Å². The summed E-state index contributed by atoms with van der Waals surface area (Å²) in [6.07, 6.45) is 3.09. The Kier molecular flexibility index (Phi) is 4.67. The number of aliphatic hydroxyl groups excluding tert-OH is 1. The zero-order chi connectivity index (χ0) is 14.8. The van der Waals surface area contributed by atoms with Gasteiger partial charge in [0, 0.05) is 32.1 Å². The Hall–Kier alpha value is -0.840. The number of anilines is 1. The number of aromatic nitrogens is 1. The molecule has 116 valence electrons. The highest BCUT2D eigenvalue weighted by molar-refractivity contribution is 6.31. The number of hydrogen-bond donors (Lipinski definition) is 2. The van der Waals surface area contributed by atoms with E-state index < -0.39 is 0 Å². The van der Waals surface area contributed by atoms with Crippen LogP contribution in [-0.4, -0.2) is 40.7 Å². The van der Waals surface area contributed by atoms with E-state index in [-0.39, 0.29) is 6.10 Å².